The molecule has 0 fully saturated rings. The normalized spacial score (nSPS) is 11.2. The van der Waals surface area contributed by atoms with Crippen LogP contribution in [-0.4, -0.2) is 36.1 Å². The van der Waals surface area contributed by atoms with Gasteiger partial charge in [0.25, 0.3) is 0 Å². The third-order valence-corrected chi connectivity index (χ3v) is 5.57. The molecule has 0 unspecified atom stereocenters. The maximum absolute atomic E-state index is 13.1. The first-order chi connectivity index (χ1) is 14.7. The summed E-state index contributed by atoms with van der Waals surface area (Å²) in [6.45, 7) is 20.0. The van der Waals surface area contributed by atoms with E-state index in [4.69, 9.17) is 0 Å². The molecule has 3 nitrogen and oxygen atoms in total. The summed E-state index contributed by atoms with van der Waals surface area (Å²) < 4.78 is 0. The van der Waals surface area contributed by atoms with Gasteiger partial charge in [0.05, 0.1) is 0 Å². The second-order valence-electron chi connectivity index (χ2n) is 8.65. The Hall–Kier alpha value is -2.78. The molecule has 2 aromatic carbocycles. The summed E-state index contributed by atoms with van der Waals surface area (Å²) in [5, 5.41) is 0. The molecule has 0 atom stereocenters. The van der Waals surface area contributed by atoms with Crippen molar-refractivity contribution in [3.63, 3.8) is 0 Å². The zero-order valence-electron chi connectivity index (χ0n) is 19.6. The van der Waals surface area contributed by atoms with E-state index in [9.17, 15) is 9.59 Å². The maximum Gasteiger partial charge on any atom is 0.190 e. The minimum Gasteiger partial charge on any atom is -0.295 e. The number of hydrogen-bond donors (Lipinski definition) is 0. The van der Waals surface area contributed by atoms with Gasteiger partial charge >= 0.3 is 0 Å². The van der Waals surface area contributed by atoms with Crippen LogP contribution in [0, 0.1) is 0 Å². The average Bonchev–Trinajstić information content (AvgIpc) is 2.77. The van der Waals surface area contributed by atoms with Crippen LogP contribution >= 0.6 is 0 Å². The van der Waals surface area contributed by atoms with Crippen LogP contribution in [0.15, 0.2) is 72.8 Å². The molecule has 0 aliphatic rings. The van der Waals surface area contributed by atoms with Crippen LogP contribution in [0.2, 0.25) is 0 Å². The lowest BCUT2D eigenvalue weighted by Crippen LogP contribution is -2.31. The molecule has 0 saturated heterocycles. The molecule has 2 rings (SSSR count). The van der Waals surface area contributed by atoms with E-state index < -0.39 is 0 Å². The Morgan fingerprint density at radius 2 is 1.10 bits per heavy atom. The highest BCUT2D eigenvalue weighted by atomic mass is 16.1. The van der Waals surface area contributed by atoms with Gasteiger partial charge in [-0.25, -0.2) is 0 Å². The van der Waals surface area contributed by atoms with E-state index in [1.165, 1.54) is 0 Å². The van der Waals surface area contributed by atoms with Gasteiger partial charge in [0.2, 0.25) is 0 Å². The second-order valence-corrected chi connectivity index (χ2v) is 8.65. The predicted molar refractivity (Wildman–Crippen MR) is 130 cm³/mol. The quantitative estimate of drug-likeness (QED) is 0.312. The fourth-order valence-corrected chi connectivity index (χ4v) is 3.76. The first-order valence-corrected chi connectivity index (χ1v) is 11.0. The summed E-state index contributed by atoms with van der Waals surface area (Å²) in [7, 11) is 0. The Balaban J connectivity index is 2.12. The summed E-state index contributed by atoms with van der Waals surface area (Å²) in [5.41, 5.74) is 4.53. The van der Waals surface area contributed by atoms with Gasteiger partial charge < -0.3 is 0 Å². The molecule has 0 saturated carbocycles. The van der Waals surface area contributed by atoms with Crippen LogP contribution in [-0.2, 0) is 0 Å². The van der Waals surface area contributed by atoms with Crippen LogP contribution in [0.25, 0.3) is 0 Å². The molecular formula is C28H35NO2. The van der Waals surface area contributed by atoms with Crippen molar-refractivity contribution in [3.8, 4) is 0 Å². The number of hydrogen-bond acceptors (Lipinski definition) is 3. The molecule has 0 N–H and O–H groups in total. The lowest BCUT2D eigenvalue weighted by Gasteiger charge is -2.23. The summed E-state index contributed by atoms with van der Waals surface area (Å²) in [6.07, 6.45) is 0. The molecule has 31 heavy (non-hydrogen) atoms. The van der Waals surface area contributed by atoms with E-state index in [0.29, 0.717) is 41.9 Å². The third kappa shape index (κ3) is 6.11. The van der Waals surface area contributed by atoms with Crippen LogP contribution in [0.3, 0.4) is 0 Å². The Labute approximate surface area is 187 Å². The second kappa shape index (κ2) is 11.0. The minimum absolute atomic E-state index is 0.0372. The smallest absolute Gasteiger partial charge is 0.190 e. The molecule has 0 heterocycles. The SMILES string of the molecule is C=C(CN(CC)CC(=C)C(=O)c1ccccc1C(C)C)C(=O)c1ccccc1C(C)C. The molecule has 3 heteroatoms. The van der Waals surface area contributed by atoms with E-state index in [-0.39, 0.29) is 23.4 Å². The van der Waals surface area contributed by atoms with Crippen molar-refractivity contribution in [2.24, 2.45) is 0 Å². The molecule has 0 radical (unpaired) electrons. The lowest BCUT2D eigenvalue weighted by atomic mass is 9.91. The molecule has 164 valence electrons. The van der Waals surface area contributed by atoms with Gasteiger partial charge in [-0.3, -0.25) is 14.5 Å². The van der Waals surface area contributed by atoms with Crippen molar-refractivity contribution < 1.29 is 9.59 Å². The molecular weight excluding hydrogens is 382 g/mol. The molecule has 0 amide bonds. The van der Waals surface area contributed by atoms with Crippen molar-refractivity contribution in [3.05, 3.63) is 95.1 Å². The van der Waals surface area contributed by atoms with Gasteiger partial charge in [-0.15, -0.1) is 0 Å². The Kier molecular flexibility index (Phi) is 8.70. The number of carbonyl (C=O) groups excluding carboxylic acids is 2. The minimum atomic E-state index is -0.0372. The Morgan fingerprint density at radius 1 is 0.742 bits per heavy atom. The van der Waals surface area contributed by atoms with Crippen LogP contribution < -0.4 is 0 Å². The van der Waals surface area contributed by atoms with Crippen molar-refractivity contribution in [1.82, 2.24) is 4.90 Å². The molecule has 0 aliphatic carbocycles. The van der Waals surface area contributed by atoms with Gasteiger partial charge in [-0.2, -0.15) is 0 Å². The number of carbonyl (C=O) groups is 2. The van der Waals surface area contributed by atoms with E-state index in [2.05, 4.69) is 40.9 Å². The Morgan fingerprint density at radius 3 is 1.42 bits per heavy atom. The largest absolute Gasteiger partial charge is 0.295 e. The van der Waals surface area contributed by atoms with E-state index >= 15 is 0 Å². The number of Topliss-reactive ketones (excluding diaryl/α,β-unsaturated/α-hetero) is 2. The zero-order valence-corrected chi connectivity index (χ0v) is 19.6. The van der Waals surface area contributed by atoms with Gasteiger partial charge in [-0.05, 0) is 29.5 Å². The van der Waals surface area contributed by atoms with E-state index in [0.717, 1.165) is 11.1 Å². The van der Waals surface area contributed by atoms with Crippen molar-refractivity contribution in [1.29, 1.82) is 0 Å². The maximum atomic E-state index is 13.1. The number of ketones is 2. The van der Waals surface area contributed by atoms with Crippen LogP contribution in [0.4, 0.5) is 0 Å². The Bertz CT molecular complexity index is 891. The van der Waals surface area contributed by atoms with Crippen molar-refractivity contribution in [2.75, 3.05) is 19.6 Å². The van der Waals surface area contributed by atoms with E-state index in [1.54, 1.807) is 0 Å². The summed E-state index contributed by atoms with van der Waals surface area (Å²) in [4.78, 5) is 28.2. The van der Waals surface area contributed by atoms with Gasteiger partial charge in [0.15, 0.2) is 11.6 Å². The van der Waals surface area contributed by atoms with Gasteiger partial charge in [-0.1, -0.05) is 96.3 Å². The predicted octanol–water partition coefficient (Wildman–Crippen LogP) is 6.43. The van der Waals surface area contributed by atoms with Crippen molar-refractivity contribution >= 4 is 11.6 Å². The summed E-state index contributed by atoms with van der Waals surface area (Å²) in [5.74, 6) is 0.442. The monoisotopic (exact) mass is 417 g/mol. The highest BCUT2D eigenvalue weighted by Gasteiger charge is 2.21. The molecule has 0 bridgehead atoms. The van der Waals surface area contributed by atoms with Crippen LogP contribution in [0.5, 0.6) is 0 Å². The zero-order chi connectivity index (χ0) is 23.1. The van der Waals surface area contributed by atoms with Crippen LogP contribution in [0.1, 0.15) is 78.3 Å². The summed E-state index contributed by atoms with van der Waals surface area (Å²) in [6, 6.07) is 15.4. The molecule has 0 spiro atoms. The molecule has 0 aromatic heterocycles. The number of likely N-dealkylation sites (N-methyl/N-ethyl adjacent to an activating group) is 1. The first-order valence-electron chi connectivity index (χ1n) is 11.0. The average molecular weight is 418 g/mol. The van der Waals surface area contributed by atoms with Gasteiger partial charge in [0, 0.05) is 35.4 Å². The van der Waals surface area contributed by atoms with Crippen molar-refractivity contribution in [2.45, 2.75) is 46.5 Å². The number of rotatable bonds is 11. The third-order valence-electron chi connectivity index (χ3n) is 5.57. The van der Waals surface area contributed by atoms with Gasteiger partial charge in [0.1, 0.15) is 0 Å². The topological polar surface area (TPSA) is 37.4 Å². The van der Waals surface area contributed by atoms with E-state index in [1.807, 2.05) is 60.4 Å². The number of nitrogens with zero attached hydrogens (tertiary/aromatic N) is 1. The fraction of sp³-hybridized carbons (Fsp3) is 0.357. The number of benzene rings is 2. The highest BCUT2D eigenvalue weighted by molar-refractivity contribution is 6.10. The molecule has 2 aromatic rings. The molecule has 0 aliphatic heterocycles. The lowest BCUT2D eigenvalue weighted by molar-refractivity contribution is 0.102. The first kappa shape index (κ1) is 24.5. The summed E-state index contributed by atoms with van der Waals surface area (Å²) >= 11 is 0. The fourth-order valence-electron chi connectivity index (χ4n) is 3.76. The standard InChI is InChI=1S/C28H35NO2/c1-8-29(17-21(6)27(30)25-15-11-9-13-23(25)19(2)3)18-22(7)28(31)26-16-12-10-14-24(26)20(4)5/h9-16,19-20H,6-8,17-18H2,1-5H3. The highest BCUT2D eigenvalue weighted by Crippen LogP contribution is 2.23.